The zero-order chi connectivity index (χ0) is 8.10. The summed E-state index contributed by atoms with van der Waals surface area (Å²) in [5.41, 5.74) is 0. The van der Waals surface area contributed by atoms with Crippen LogP contribution in [0.5, 0.6) is 0 Å². The molecule has 0 unspecified atom stereocenters. The van der Waals surface area contributed by atoms with E-state index >= 15 is 0 Å². The molecule has 6 heteroatoms. The van der Waals surface area contributed by atoms with Crippen molar-refractivity contribution >= 4 is 35.3 Å². The second-order valence-electron chi connectivity index (χ2n) is 1.77. The van der Waals surface area contributed by atoms with Crippen molar-refractivity contribution < 1.29 is 4.39 Å². The van der Waals surface area contributed by atoms with E-state index in [0.29, 0.717) is 10.4 Å². The molecule has 1 heterocycles. The number of nitrogens with one attached hydrogen (secondary N) is 1. The van der Waals surface area contributed by atoms with Crippen LogP contribution < -0.4 is 0 Å². The molecule has 0 aliphatic heterocycles. The molecule has 11 heavy (non-hydrogen) atoms. The van der Waals surface area contributed by atoms with Gasteiger partial charge in [-0.25, -0.2) is 0 Å². The fourth-order valence-corrected chi connectivity index (χ4v) is 2.55. The highest BCUT2D eigenvalue weighted by Gasteiger charge is 1.96. The molecule has 62 valence electrons. The number of halogens is 1. The number of hydrogen-bond acceptors (Lipinski definition) is 4. The minimum atomic E-state index is -0.261. The quantitative estimate of drug-likeness (QED) is 0.470. The molecule has 2 nitrogen and oxygen atoms in total. The summed E-state index contributed by atoms with van der Waals surface area (Å²) < 4.78 is 13.2. The first kappa shape index (κ1) is 9.15. The third-order valence-corrected chi connectivity index (χ3v) is 3.24. The Kier molecular flexibility index (Phi) is 4.03. The highest BCUT2D eigenvalue weighted by atomic mass is 32.2. The standard InChI is InChI=1S/C5H7FN2S3/c6-2-1-3-10-5-8-7-4(9)11-5/h1-3H2,(H,7,9). The first-order valence-electron chi connectivity index (χ1n) is 3.07. The lowest BCUT2D eigenvalue weighted by molar-refractivity contribution is 0.489. The van der Waals surface area contributed by atoms with E-state index in [-0.39, 0.29) is 6.67 Å². The molecule has 0 spiro atoms. The number of H-pyrrole nitrogens is 1. The van der Waals surface area contributed by atoms with Gasteiger partial charge in [-0.3, -0.25) is 9.49 Å². The van der Waals surface area contributed by atoms with Gasteiger partial charge in [-0.05, 0) is 18.6 Å². The first-order chi connectivity index (χ1) is 5.33. The Labute approximate surface area is 77.2 Å². The van der Waals surface area contributed by atoms with Gasteiger partial charge in [-0.2, -0.15) is 5.10 Å². The second kappa shape index (κ2) is 4.84. The van der Waals surface area contributed by atoms with Gasteiger partial charge in [0.25, 0.3) is 0 Å². The summed E-state index contributed by atoms with van der Waals surface area (Å²) in [6.45, 7) is -0.261. The summed E-state index contributed by atoms with van der Waals surface area (Å²) in [5.74, 6) is 0.770. The molecule has 0 aliphatic carbocycles. The number of thioether (sulfide) groups is 1. The number of nitrogens with zero attached hydrogens (tertiary/aromatic N) is 1. The summed E-state index contributed by atoms with van der Waals surface area (Å²) in [7, 11) is 0. The van der Waals surface area contributed by atoms with Crippen LogP contribution in [-0.4, -0.2) is 22.6 Å². The van der Waals surface area contributed by atoms with Crippen molar-refractivity contribution in [3.8, 4) is 0 Å². The Morgan fingerprint density at radius 3 is 3.09 bits per heavy atom. The van der Waals surface area contributed by atoms with Gasteiger partial charge in [0.15, 0.2) is 8.29 Å². The molecule has 0 aliphatic rings. The molecule has 0 bridgehead atoms. The number of hydrogen-bond donors (Lipinski definition) is 1. The summed E-state index contributed by atoms with van der Waals surface area (Å²) in [6.07, 6.45) is 0.580. The predicted octanol–water partition coefficient (Wildman–Crippen LogP) is 2.65. The Morgan fingerprint density at radius 2 is 2.55 bits per heavy atom. The average molecular weight is 210 g/mol. The lowest BCUT2D eigenvalue weighted by Gasteiger charge is -1.90. The number of alkyl halides is 1. The normalized spacial score (nSPS) is 10.3. The molecule has 0 atom stereocenters. The van der Waals surface area contributed by atoms with E-state index in [1.54, 1.807) is 0 Å². The highest BCUT2D eigenvalue weighted by Crippen LogP contribution is 2.20. The van der Waals surface area contributed by atoms with E-state index in [0.717, 1.165) is 10.1 Å². The minimum absolute atomic E-state index is 0.261. The molecule has 0 saturated heterocycles. The molecule has 0 aromatic carbocycles. The van der Waals surface area contributed by atoms with E-state index in [2.05, 4.69) is 10.2 Å². The van der Waals surface area contributed by atoms with Crippen LogP contribution in [0.1, 0.15) is 6.42 Å². The van der Waals surface area contributed by atoms with E-state index in [4.69, 9.17) is 12.2 Å². The third kappa shape index (κ3) is 3.31. The van der Waals surface area contributed by atoms with Crippen molar-refractivity contribution in [2.75, 3.05) is 12.4 Å². The fraction of sp³-hybridized carbons (Fsp3) is 0.600. The van der Waals surface area contributed by atoms with Gasteiger partial charge in [-0.1, -0.05) is 23.1 Å². The molecule has 1 N–H and O–H groups in total. The zero-order valence-corrected chi connectivity index (χ0v) is 8.12. The van der Waals surface area contributed by atoms with Crippen molar-refractivity contribution in [3.63, 3.8) is 0 Å². The van der Waals surface area contributed by atoms with Gasteiger partial charge in [0.1, 0.15) is 0 Å². The summed E-state index contributed by atoms with van der Waals surface area (Å²) in [6, 6.07) is 0. The Balaban J connectivity index is 2.33. The molecular weight excluding hydrogens is 203 g/mol. The maximum atomic E-state index is 11.6. The van der Waals surface area contributed by atoms with Crippen LogP contribution in [0.4, 0.5) is 4.39 Å². The van der Waals surface area contributed by atoms with E-state index in [9.17, 15) is 4.39 Å². The van der Waals surface area contributed by atoms with Gasteiger partial charge >= 0.3 is 0 Å². The second-order valence-corrected chi connectivity index (χ2v) is 4.78. The minimum Gasteiger partial charge on any atom is -0.257 e. The average Bonchev–Trinajstić information content (AvgIpc) is 2.37. The molecule has 0 fully saturated rings. The smallest absolute Gasteiger partial charge is 0.177 e. The maximum absolute atomic E-state index is 11.6. The topological polar surface area (TPSA) is 28.7 Å². The van der Waals surface area contributed by atoms with E-state index in [1.165, 1.54) is 23.1 Å². The Hall–Kier alpha value is 0.0600. The van der Waals surface area contributed by atoms with Crippen molar-refractivity contribution in [1.82, 2.24) is 10.2 Å². The summed E-state index contributed by atoms with van der Waals surface area (Å²) in [5, 5.41) is 6.58. The summed E-state index contributed by atoms with van der Waals surface area (Å²) >= 11 is 7.79. The van der Waals surface area contributed by atoms with Crippen molar-refractivity contribution in [3.05, 3.63) is 3.95 Å². The fourth-order valence-electron chi connectivity index (χ4n) is 0.492. The number of aromatic amines is 1. The van der Waals surface area contributed by atoms with Crippen LogP contribution >= 0.6 is 35.3 Å². The van der Waals surface area contributed by atoms with E-state index < -0.39 is 0 Å². The van der Waals surface area contributed by atoms with Crippen LogP contribution in [0.15, 0.2) is 4.34 Å². The third-order valence-electron chi connectivity index (χ3n) is 0.922. The van der Waals surface area contributed by atoms with Gasteiger partial charge in [-0.15, -0.1) is 0 Å². The predicted molar refractivity (Wildman–Crippen MR) is 48.6 cm³/mol. The molecular formula is C5H7FN2S3. The first-order valence-corrected chi connectivity index (χ1v) is 5.28. The lowest BCUT2D eigenvalue weighted by atomic mass is 10.6. The van der Waals surface area contributed by atoms with Gasteiger partial charge in [0.05, 0.1) is 6.67 Å². The van der Waals surface area contributed by atoms with Gasteiger partial charge in [0, 0.05) is 5.75 Å². The largest absolute Gasteiger partial charge is 0.257 e. The van der Waals surface area contributed by atoms with Crippen LogP contribution in [0, 0.1) is 3.95 Å². The molecule has 1 rings (SSSR count). The molecule has 0 saturated carbocycles. The lowest BCUT2D eigenvalue weighted by Crippen LogP contribution is -1.80. The van der Waals surface area contributed by atoms with Crippen LogP contribution in [-0.2, 0) is 0 Å². The summed E-state index contributed by atoms with van der Waals surface area (Å²) in [4.78, 5) is 0. The SMILES string of the molecule is FCCCSc1n[nH]c(=S)s1. The van der Waals surface area contributed by atoms with Gasteiger partial charge in [0.2, 0.25) is 0 Å². The molecule has 0 radical (unpaired) electrons. The maximum Gasteiger partial charge on any atom is 0.177 e. The van der Waals surface area contributed by atoms with Crippen LogP contribution in [0.3, 0.4) is 0 Å². The molecule has 1 aromatic heterocycles. The molecule has 1 aromatic rings. The zero-order valence-electron chi connectivity index (χ0n) is 5.67. The number of aromatic nitrogens is 2. The number of rotatable bonds is 4. The van der Waals surface area contributed by atoms with Crippen molar-refractivity contribution in [2.24, 2.45) is 0 Å². The Bertz CT molecular complexity index is 256. The monoisotopic (exact) mass is 210 g/mol. The van der Waals surface area contributed by atoms with Crippen LogP contribution in [0.25, 0.3) is 0 Å². The van der Waals surface area contributed by atoms with Crippen LogP contribution in [0.2, 0.25) is 0 Å². The Morgan fingerprint density at radius 1 is 1.73 bits per heavy atom. The van der Waals surface area contributed by atoms with E-state index in [1.807, 2.05) is 0 Å². The van der Waals surface area contributed by atoms with Gasteiger partial charge < -0.3 is 0 Å². The van der Waals surface area contributed by atoms with Crippen molar-refractivity contribution in [2.45, 2.75) is 10.8 Å². The van der Waals surface area contributed by atoms with Crippen molar-refractivity contribution in [1.29, 1.82) is 0 Å². The highest BCUT2D eigenvalue weighted by molar-refractivity contribution is 8.01. The molecule has 0 amide bonds.